The van der Waals surface area contributed by atoms with Crippen molar-refractivity contribution < 1.29 is 8.83 Å². The first-order valence-corrected chi connectivity index (χ1v) is 27.2. The standard InChI is InChI=1S/C75H50N2O2/c1-75(2)65-21-9-6-18-61(65)73-66(75)22-13-23-69(73)76(54-35-26-48(27-36-54)47-14-4-3-5-15-47)55-37-28-49(29-38-55)51-32-41-67-62(44-51)63-45-52(53-34-43-72-64(46-53)59-17-8-10-24-70(59)78-72)33-42-68(63)77(67)56-39-30-50(31-40-56)57-19-12-20-60-58-16-7-11-25-71(58)79-74(57)60/h3-46H,1-2H3. The fraction of sp³-hybridized carbons (Fsp3) is 0.0400. The molecule has 0 N–H and O–H groups in total. The van der Waals surface area contributed by atoms with Gasteiger partial charge in [0.05, 0.1) is 16.7 Å². The van der Waals surface area contributed by atoms with Crippen LogP contribution in [0.1, 0.15) is 25.0 Å². The quantitative estimate of drug-likeness (QED) is 0.152. The summed E-state index contributed by atoms with van der Waals surface area (Å²) < 4.78 is 15.2. The molecule has 0 fully saturated rings. The molecule has 1 aliphatic rings. The number of fused-ring (bicyclic) bond motifs is 12. The van der Waals surface area contributed by atoms with E-state index in [0.29, 0.717) is 0 Å². The summed E-state index contributed by atoms with van der Waals surface area (Å²) >= 11 is 0. The van der Waals surface area contributed by atoms with E-state index in [1.165, 1.54) is 49.8 Å². The molecule has 0 saturated heterocycles. The van der Waals surface area contributed by atoms with E-state index < -0.39 is 0 Å². The third-order valence-electron chi connectivity index (χ3n) is 16.8. The minimum atomic E-state index is -0.131. The van der Waals surface area contributed by atoms with Gasteiger partial charge in [-0.1, -0.05) is 190 Å². The monoisotopic (exact) mass is 1010 g/mol. The maximum atomic E-state index is 6.49. The molecule has 0 radical (unpaired) electrons. The summed E-state index contributed by atoms with van der Waals surface area (Å²) in [6, 6.07) is 97.1. The highest BCUT2D eigenvalue weighted by atomic mass is 16.3. The van der Waals surface area contributed by atoms with Crippen molar-refractivity contribution >= 4 is 82.7 Å². The van der Waals surface area contributed by atoms with E-state index in [4.69, 9.17) is 8.83 Å². The maximum Gasteiger partial charge on any atom is 0.143 e. The molecule has 0 aliphatic heterocycles. The molecule has 0 amide bonds. The summed E-state index contributed by atoms with van der Waals surface area (Å²) in [7, 11) is 0. The summed E-state index contributed by atoms with van der Waals surface area (Å²) in [5.41, 5.74) is 24.7. The van der Waals surface area contributed by atoms with Gasteiger partial charge >= 0.3 is 0 Å². The fourth-order valence-corrected chi connectivity index (χ4v) is 12.9. The Kier molecular flexibility index (Phi) is 9.95. The minimum Gasteiger partial charge on any atom is -0.456 e. The highest BCUT2D eigenvalue weighted by Gasteiger charge is 2.37. The van der Waals surface area contributed by atoms with Gasteiger partial charge in [0.1, 0.15) is 22.3 Å². The normalized spacial score (nSPS) is 12.8. The summed E-state index contributed by atoms with van der Waals surface area (Å²) in [6.45, 7) is 4.71. The number of hydrogen-bond donors (Lipinski definition) is 0. The van der Waals surface area contributed by atoms with Gasteiger partial charge in [0.15, 0.2) is 0 Å². The van der Waals surface area contributed by atoms with Crippen LogP contribution < -0.4 is 4.90 Å². The van der Waals surface area contributed by atoms with Gasteiger partial charge in [0.25, 0.3) is 0 Å². The van der Waals surface area contributed by atoms with Gasteiger partial charge in [0, 0.05) is 65.9 Å². The van der Waals surface area contributed by atoms with Crippen LogP contribution in [-0.2, 0) is 5.41 Å². The number of nitrogens with zero attached hydrogens (tertiary/aromatic N) is 2. The number of rotatable bonds is 8. The third-order valence-corrected chi connectivity index (χ3v) is 16.8. The first kappa shape index (κ1) is 45.1. The van der Waals surface area contributed by atoms with E-state index in [1.807, 2.05) is 24.3 Å². The Bertz CT molecular complexity index is 4900. The van der Waals surface area contributed by atoms with Crippen LogP contribution in [0.2, 0.25) is 0 Å². The molecular weight excluding hydrogens is 961 g/mol. The van der Waals surface area contributed by atoms with Crippen molar-refractivity contribution in [3.63, 3.8) is 0 Å². The molecule has 15 aromatic rings. The largest absolute Gasteiger partial charge is 0.456 e. The van der Waals surface area contributed by atoms with Crippen LogP contribution in [0.15, 0.2) is 276 Å². The van der Waals surface area contributed by atoms with Gasteiger partial charge in [-0.25, -0.2) is 0 Å². The summed E-state index contributed by atoms with van der Waals surface area (Å²) in [5.74, 6) is 0. The van der Waals surface area contributed by atoms with Crippen molar-refractivity contribution in [2.24, 2.45) is 0 Å². The highest BCUT2D eigenvalue weighted by Crippen LogP contribution is 2.54. The van der Waals surface area contributed by atoms with Crippen LogP contribution in [0.5, 0.6) is 0 Å². The molecule has 4 nitrogen and oxygen atoms in total. The van der Waals surface area contributed by atoms with Gasteiger partial charge in [-0.05, 0) is 147 Å². The number of anilines is 3. The van der Waals surface area contributed by atoms with E-state index in [2.05, 4.69) is 266 Å². The summed E-state index contributed by atoms with van der Waals surface area (Å²) in [5, 5.41) is 6.87. The number of benzene rings is 12. The van der Waals surface area contributed by atoms with Crippen molar-refractivity contribution in [1.29, 1.82) is 0 Å². The van der Waals surface area contributed by atoms with Gasteiger partial charge in [0.2, 0.25) is 0 Å². The van der Waals surface area contributed by atoms with Crippen LogP contribution in [0.25, 0.3) is 127 Å². The zero-order valence-electron chi connectivity index (χ0n) is 43.6. The van der Waals surface area contributed by atoms with Gasteiger partial charge < -0.3 is 18.3 Å². The van der Waals surface area contributed by atoms with Gasteiger partial charge in [-0.3, -0.25) is 0 Å². The highest BCUT2D eigenvalue weighted by molar-refractivity contribution is 6.13. The molecule has 16 rings (SSSR count). The van der Waals surface area contributed by atoms with E-state index >= 15 is 0 Å². The summed E-state index contributed by atoms with van der Waals surface area (Å²) in [6.07, 6.45) is 0. The number of para-hydroxylation sites is 3. The molecule has 0 atom stereocenters. The zero-order valence-corrected chi connectivity index (χ0v) is 43.6. The van der Waals surface area contributed by atoms with Crippen LogP contribution in [0, 0.1) is 0 Å². The molecule has 12 aromatic carbocycles. The lowest BCUT2D eigenvalue weighted by Gasteiger charge is -2.29. The first-order chi connectivity index (χ1) is 38.9. The molecule has 79 heavy (non-hydrogen) atoms. The predicted octanol–water partition coefficient (Wildman–Crippen LogP) is 21.0. The van der Waals surface area contributed by atoms with Crippen molar-refractivity contribution in [3.05, 3.63) is 278 Å². The topological polar surface area (TPSA) is 34.5 Å². The van der Waals surface area contributed by atoms with Gasteiger partial charge in [-0.2, -0.15) is 0 Å². The third kappa shape index (κ3) is 7.08. The lowest BCUT2D eigenvalue weighted by molar-refractivity contribution is 0.660. The van der Waals surface area contributed by atoms with Crippen molar-refractivity contribution in [1.82, 2.24) is 4.57 Å². The van der Waals surface area contributed by atoms with Gasteiger partial charge in [-0.15, -0.1) is 0 Å². The Hall–Kier alpha value is -10.2. The second-order valence-electron chi connectivity index (χ2n) is 21.6. The maximum absolute atomic E-state index is 6.49. The Morgan fingerprint density at radius 2 is 0.810 bits per heavy atom. The van der Waals surface area contributed by atoms with Crippen molar-refractivity contribution in [3.8, 4) is 61.3 Å². The second-order valence-corrected chi connectivity index (χ2v) is 21.6. The van der Waals surface area contributed by atoms with Crippen LogP contribution in [-0.4, -0.2) is 4.57 Å². The molecular formula is C75H50N2O2. The van der Waals surface area contributed by atoms with Crippen LogP contribution in [0.3, 0.4) is 0 Å². The molecule has 1 aliphatic carbocycles. The summed E-state index contributed by atoms with van der Waals surface area (Å²) in [4.78, 5) is 2.44. The minimum absolute atomic E-state index is 0.131. The molecule has 0 unspecified atom stereocenters. The smallest absolute Gasteiger partial charge is 0.143 e. The second kappa shape index (κ2) is 17.4. The SMILES string of the molecule is CC1(C)c2ccccc2-c2c(N(c3ccc(-c4ccccc4)cc3)c3ccc(-c4ccc5c(c4)c4cc(-c6ccc7oc8ccccc8c7c6)ccc4n5-c4ccc(-c5cccc6c5oc5ccccc56)cc4)cc3)cccc21. The lowest BCUT2D eigenvalue weighted by Crippen LogP contribution is -2.16. The van der Waals surface area contributed by atoms with Crippen LogP contribution in [0.4, 0.5) is 17.1 Å². The Morgan fingerprint density at radius 3 is 1.52 bits per heavy atom. The van der Waals surface area contributed by atoms with Crippen molar-refractivity contribution in [2.75, 3.05) is 4.90 Å². The fourth-order valence-electron chi connectivity index (χ4n) is 12.9. The zero-order chi connectivity index (χ0) is 52.3. The van der Waals surface area contributed by atoms with Crippen LogP contribution >= 0.6 is 0 Å². The average Bonchev–Trinajstić information content (AvgIpc) is 4.42. The Balaban J connectivity index is 0.827. The number of furan rings is 2. The molecule has 3 aromatic heterocycles. The molecule has 372 valence electrons. The Morgan fingerprint density at radius 1 is 0.329 bits per heavy atom. The molecule has 0 saturated carbocycles. The number of aromatic nitrogens is 1. The van der Waals surface area contributed by atoms with E-state index in [0.717, 1.165) is 105 Å². The lowest BCUT2D eigenvalue weighted by atomic mass is 9.82. The molecule has 4 heteroatoms. The first-order valence-electron chi connectivity index (χ1n) is 27.2. The predicted molar refractivity (Wildman–Crippen MR) is 329 cm³/mol. The Labute approximate surface area is 457 Å². The van der Waals surface area contributed by atoms with E-state index in [9.17, 15) is 0 Å². The number of hydrogen-bond acceptors (Lipinski definition) is 3. The van der Waals surface area contributed by atoms with E-state index in [-0.39, 0.29) is 5.41 Å². The van der Waals surface area contributed by atoms with E-state index in [1.54, 1.807) is 0 Å². The average molecular weight is 1010 g/mol. The molecule has 3 heterocycles. The molecule has 0 bridgehead atoms. The van der Waals surface area contributed by atoms with Crippen molar-refractivity contribution in [2.45, 2.75) is 19.3 Å². The molecule has 0 spiro atoms.